The van der Waals surface area contributed by atoms with E-state index in [1.54, 1.807) is 0 Å². The highest BCUT2D eigenvalue weighted by Crippen LogP contribution is 2.04. The molecule has 2 N–H and O–H groups in total. The first-order valence-corrected chi connectivity index (χ1v) is 3.80. The van der Waals surface area contributed by atoms with Crippen LogP contribution in [0, 0.1) is 12.3 Å². The minimum Gasteiger partial charge on any atom is -0.327 e. The van der Waals surface area contributed by atoms with Crippen LogP contribution in [0.4, 0.5) is 0 Å². The lowest BCUT2D eigenvalue weighted by atomic mass is 10.1. The fourth-order valence-corrected chi connectivity index (χ4v) is 0.895. The van der Waals surface area contributed by atoms with Crippen molar-refractivity contribution in [3.05, 3.63) is 41.5 Å². The van der Waals surface area contributed by atoms with Crippen molar-refractivity contribution in [2.45, 2.75) is 0 Å². The Labute approximate surface area is 72.9 Å². The van der Waals surface area contributed by atoms with Crippen molar-refractivity contribution in [3.63, 3.8) is 0 Å². The van der Waals surface area contributed by atoms with E-state index in [0.29, 0.717) is 6.54 Å². The molecule has 0 aliphatic rings. The summed E-state index contributed by atoms with van der Waals surface area (Å²) in [5.74, 6) is 2.56. The summed E-state index contributed by atoms with van der Waals surface area (Å²) in [6.45, 7) is 0.566. The Morgan fingerprint density at radius 2 is 2.00 bits per heavy atom. The highest BCUT2D eigenvalue weighted by molar-refractivity contribution is 5.51. The first-order valence-electron chi connectivity index (χ1n) is 3.80. The van der Waals surface area contributed by atoms with Crippen LogP contribution in [-0.4, -0.2) is 6.54 Å². The van der Waals surface area contributed by atoms with Gasteiger partial charge in [-0.2, -0.15) is 0 Å². The number of rotatable bonds is 2. The summed E-state index contributed by atoms with van der Waals surface area (Å²) in [6, 6.07) is 7.77. The number of nitrogens with two attached hydrogens (primary N) is 1. The van der Waals surface area contributed by atoms with Crippen molar-refractivity contribution in [2.75, 3.05) is 6.54 Å². The average molecular weight is 157 g/mol. The molecule has 0 heterocycles. The monoisotopic (exact) mass is 157 g/mol. The SMILES string of the molecule is C#Cc1ccc(/C=C/CN)cc1. The number of hydrogen-bond acceptors (Lipinski definition) is 1. The van der Waals surface area contributed by atoms with E-state index in [2.05, 4.69) is 5.92 Å². The molecule has 0 aromatic heterocycles. The summed E-state index contributed by atoms with van der Waals surface area (Å²) in [4.78, 5) is 0. The van der Waals surface area contributed by atoms with Crippen LogP contribution in [-0.2, 0) is 0 Å². The zero-order valence-electron chi connectivity index (χ0n) is 6.83. The fraction of sp³-hybridized carbons (Fsp3) is 0.0909. The molecular formula is C11H11N. The van der Waals surface area contributed by atoms with Crippen molar-refractivity contribution >= 4 is 6.08 Å². The van der Waals surface area contributed by atoms with E-state index in [9.17, 15) is 0 Å². The third kappa shape index (κ3) is 2.26. The van der Waals surface area contributed by atoms with Crippen LogP contribution in [0.2, 0.25) is 0 Å². The zero-order valence-corrected chi connectivity index (χ0v) is 6.83. The summed E-state index contributed by atoms with van der Waals surface area (Å²) >= 11 is 0. The second-order valence-corrected chi connectivity index (χ2v) is 2.40. The fourth-order valence-electron chi connectivity index (χ4n) is 0.895. The Morgan fingerprint density at radius 3 is 2.50 bits per heavy atom. The summed E-state index contributed by atoms with van der Waals surface area (Å²) in [5.41, 5.74) is 7.34. The topological polar surface area (TPSA) is 26.0 Å². The lowest BCUT2D eigenvalue weighted by molar-refractivity contribution is 1.26. The van der Waals surface area contributed by atoms with Gasteiger partial charge in [-0.15, -0.1) is 6.42 Å². The molecule has 1 rings (SSSR count). The molecule has 0 aliphatic heterocycles. The second-order valence-electron chi connectivity index (χ2n) is 2.40. The maximum Gasteiger partial charge on any atom is 0.0243 e. The molecule has 0 radical (unpaired) electrons. The maximum absolute atomic E-state index is 5.31. The zero-order chi connectivity index (χ0) is 8.81. The molecule has 0 atom stereocenters. The molecule has 1 heteroatoms. The third-order valence-electron chi connectivity index (χ3n) is 1.52. The molecule has 0 bridgehead atoms. The van der Waals surface area contributed by atoms with E-state index in [-0.39, 0.29) is 0 Å². The van der Waals surface area contributed by atoms with Gasteiger partial charge in [-0.1, -0.05) is 30.2 Å². The van der Waals surface area contributed by atoms with Gasteiger partial charge in [0.05, 0.1) is 0 Å². The molecule has 0 unspecified atom stereocenters. The summed E-state index contributed by atoms with van der Waals surface area (Å²) in [5, 5.41) is 0. The maximum atomic E-state index is 5.31. The first-order chi connectivity index (χ1) is 5.86. The summed E-state index contributed by atoms with van der Waals surface area (Å²) in [7, 11) is 0. The minimum absolute atomic E-state index is 0.566. The van der Waals surface area contributed by atoms with Crippen LogP contribution in [0.15, 0.2) is 30.3 Å². The molecule has 0 fully saturated rings. The van der Waals surface area contributed by atoms with Crippen molar-refractivity contribution in [1.82, 2.24) is 0 Å². The van der Waals surface area contributed by atoms with Gasteiger partial charge in [0.25, 0.3) is 0 Å². The Kier molecular flexibility index (Phi) is 3.13. The molecule has 1 nitrogen and oxygen atoms in total. The van der Waals surface area contributed by atoms with E-state index >= 15 is 0 Å². The molecule has 0 saturated carbocycles. The molecule has 0 saturated heterocycles. The van der Waals surface area contributed by atoms with Gasteiger partial charge in [-0.05, 0) is 17.7 Å². The predicted octanol–water partition coefficient (Wildman–Crippen LogP) is 1.64. The smallest absolute Gasteiger partial charge is 0.0243 e. The van der Waals surface area contributed by atoms with E-state index in [1.165, 1.54) is 0 Å². The van der Waals surface area contributed by atoms with E-state index in [4.69, 9.17) is 12.2 Å². The van der Waals surface area contributed by atoms with Crippen LogP contribution in [0.5, 0.6) is 0 Å². The lowest BCUT2D eigenvalue weighted by Gasteiger charge is -1.92. The van der Waals surface area contributed by atoms with Gasteiger partial charge >= 0.3 is 0 Å². The van der Waals surface area contributed by atoms with Crippen LogP contribution in [0.3, 0.4) is 0 Å². The van der Waals surface area contributed by atoms with Crippen LogP contribution in [0.25, 0.3) is 6.08 Å². The Bertz CT molecular complexity index is 301. The standard InChI is InChI=1S/C11H11N/c1-2-10-5-7-11(8-6-10)4-3-9-12/h1,3-8H,9,12H2/b4-3+. The summed E-state index contributed by atoms with van der Waals surface area (Å²) in [6.07, 6.45) is 9.09. The van der Waals surface area contributed by atoms with Gasteiger partial charge < -0.3 is 5.73 Å². The van der Waals surface area contributed by atoms with Crippen LogP contribution in [0.1, 0.15) is 11.1 Å². The highest BCUT2D eigenvalue weighted by atomic mass is 14.5. The van der Waals surface area contributed by atoms with Gasteiger partial charge in [-0.3, -0.25) is 0 Å². The van der Waals surface area contributed by atoms with Crippen molar-refractivity contribution < 1.29 is 0 Å². The Hall–Kier alpha value is -1.52. The molecule has 12 heavy (non-hydrogen) atoms. The number of terminal acetylenes is 1. The van der Waals surface area contributed by atoms with Crippen LogP contribution < -0.4 is 5.73 Å². The average Bonchev–Trinajstić information content (AvgIpc) is 2.15. The largest absolute Gasteiger partial charge is 0.327 e. The molecule has 0 amide bonds. The van der Waals surface area contributed by atoms with E-state index < -0.39 is 0 Å². The molecule has 0 spiro atoms. The van der Waals surface area contributed by atoms with E-state index in [1.807, 2.05) is 36.4 Å². The van der Waals surface area contributed by atoms with E-state index in [0.717, 1.165) is 11.1 Å². The first kappa shape index (κ1) is 8.58. The van der Waals surface area contributed by atoms with Crippen molar-refractivity contribution in [2.24, 2.45) is 5.73 Å². The Balaban J connectivity index is 2.80. The number of hydrogen-bond donors (Lipinski definition) is 1. The minimum atomic E-state index is 0.566. The van der Waals surface area contributed by atoms with Gasteiger partial charge in [0, 0.05) is 12.1 Å². The van der Waals surface area contributed by atoms with Crippen molar-refractivity contribution in [3.8, 4) is 12.3 Å². The molecule has 60 valence electrons. The van der Waals surface area contributed by atoms with Gasteiger partial charge in [0.2, 0.25) is 0 Å². The third-order valence-corrected chi connectivity index (χ3v) is 1.52. The molecule has 1 aromatic carbocycles. The predicted molar refractivity (Wildman–Crippen MR) is 52.5 cm³/mol. The van der Waals surface area contributed by atoms with Gasteiger partial charge in [0.15, 0.2) is 0 Å². The molecular weight excluding hydrogens is 146 g/mol. The quantitative estimate of drug-likeness (QED) is 0.649. The Morgan fingerprint density at radius 1 is 1.33 bits per heavy atom. The second kappa shape index (κ2) is 4.38. The summed E-state index contributed by atoms with van der Waals surface area (Å²) < 4.78 is 0. The van der Waals surface area contributed by atoms with Gasteiger partial charge in [-0.25, -0.2) is 0 Å². The van der Waals surface area contributed by atoms with Crippen molar-refractivity contribution in [1.29, 1.82) is 0 Å². The number of benzene rings is 1. The molecule has 0 aliphatic carbocycles. The lowest BCUT2D eigenvalue weighted by Crippen LogP contribution is -1.91. The normalized spacial score (nSPS) is 10.0. The van der Waals surface area contributed by atoms with Crippen LogP contribution >= 0.6 is 0 Å². The molecule has 1 aromatic rings. The highest BCUT2D eigenvalue weighted by Gasteiger charge is 1.86. The van der Waals surface area contributed by atoms with Gasteiger partial charge in [0.1, 0.15) is 0 Å².